The largest absolute Gasteiger partial charge is 0.320 e. The van der Waals surface area contributed by atoms with Crippen molar-refractivity contribution < 1.29 is 4.92 Å². The first-order chi connectivity index (χ1) is 8.09. The summed E-state index contributed by atoms with van der Waals surface area (Å²) in [4.78, 5) is 11.2. The molecular weight excluding hydrogens is 260 g/mol. The Labute approximate surface area is 107 Å². The fourth-order valence-corrected chi connectivity index (χ4v) is 2.44. The number of halogens is 1. The molecule has 2 N–H and O–H groups in total. The van der Waals surface area contributed by atoms with E-state index >= 15 is 0 Å². The fourth-order valence-electron chi connectivity index (χ4n) is 1.50. The van der Waals surface area contributed by atoms with Crippen LogP contribution in [0.3, 0.4) is 0 Å². The number of rotatable bonds is 3. The first kappa shape index (κ1) is 12.0. The quantitative estimate of drug-likeness (QED) is 0.685. The van der Waals surface area contributed by atoms with Gasteiger partial charge in [0.25, 0.3) is 5.69 Å². The Hall–Kier alpha value is -1.43. The molecule has 0 unspecified atom stereocenters. The predicted octanol–water partition coefficient (Wildman–Crippen LogP) is 3.36. The van der Waals surface area contributed by atoms with Crippen molar-refractivity contribution in [2.24, 2.45) is 5.73 Å². The lowest BCUT2D eigenvalue weighted by Gasteiger charge is -2.09. The van der Waals surface area contributed by atoms with Crippen LogP contribution in [0.15, 0.2) is 35.7 Å². The van der Waals surface area contributed by atoms with Gasteiger partial charge in [-0.2, -0.15) is 0 Å². The van der Waals surface area contributed by atoms with E-state index in [1.807, 2.05) is 17.5 Å². The lowest BCUT2D eigenvalue weighted by Crippen LogP contribution is -2.10. The molecule has 0 amide bonds. The summed E-state index contributed by atoms with van der Waals surface area (Å²) < 4.78 is 0. The zero-order chi connectivity index (χ0) is 12.4. The van der Waals surface area contributed by atoms with Gasteiger partial charge in [-0.25, -0.2) is 0 Å². The molecule has 0 aliphatic heterocycles. The van der Waals surface area contributed by atoms with Gasteiger partial charge >= 0.3 is 0 Å². The van der Waals surface area contributed by atoms with Crippen molar-refractivity contribution in [3.63, 3.8) is 0 Å². The van der Waals surface area contributed by atoms with E-state index in [9.17, 15) is 10.1 Å². The topological polar surface area (TPSA) is 69.2 Å². The van der Waals surface area contributed by atoms with Crippen molar-refractivity contribution >= 4 is 28.6 Å². The van der Waals surface area contributed by atoms with Crippen LogP contribution in [0.4, 0.5) is 5.69 Å². The highest BCUT2D eigenvalue weighted by atomic mass is 35.5. The molecule has 1 heterocycles. The molecule has 17 heavy (non-hydrogen) atoms. The maximum atomic E-state index is 10.8. The van der Waals surface area contributed by atoms with Crippen molar-refractivity contribution in [3.8, 4) is 0 Å². The van der Waals surface area contributed by atoms with Crippen LogP contribution in [0.25, 0.3) is 0 Å². The Bertz CT molecular complexity index is 542. The Morgan fingerprint density at radius 1 is 1.41 bits per heavy atom. The van der Waals surface area contributed by atoms with Crippen LogP contribution in [0.2, 0.25) is 5.02 Å². The number of benzene rings is 1. The molecule has 0 fully saturated rings. The van der Waals surface area contributed by atoms with E-state index in [-0.39, 0.29) is 16.8 Å². The van der Waals surface area contributed by atoms with Crippen molar-refractivity contribution in [3.05, 3.63) is 61.3 Å². The van der Waals surface area contributed by atoms with Crippen molar-refractivity contribution in [2.45, 2.75) is 6.04 Å². The smallest absolute Gasteiger partial charge is 0.288 e. The van der Waals surface area contributed by atoms with E-state index in [4.69, 9.17) is 17.3 Å². The molecule has 2 rings (SSSR count). The van der Waals surface area contributed by atoms with Gasteiger partial charge < -0.3 is 5.73 Å². The number of nitro benzene ring substituents is 1. The second-order valence-electron chi connectivity index (χ2n) is 3.46. The minimum Gasteiger partial charge on any atom is -0.320 e. The van der Waals surface area contributed by atoms with Crippen LogP contribution < -0.4 is 5.73 Å². The fraction of sp³-hybridized carbons (Fsp3) is 0.0909. The molecule has 0 saturated carbocycles. The maximum absolute atomic E-state index is 10.8. The highest BCUT2D eigenvalue weighted by molar-refractivity contribution is 7.10. The molecule has 1 aromatic carbocycles. The second kappa shape index (κ2) is 4.83. The van der Waals surface area contributed by atoms with Gasteiger partial charge in [0.2, 0.25) is 0 Å². The zero-order valence-electron chi connectivity index (χ0n) is 8.67. The average Bonchev–Trinajstić information content (AvgIpc) is 2.81. The maximum Gasteiger partial charge on any atom is 0.288 e. The van der Waals surface area contributed by atoms with Gasteiger partial charge in [0, 0.05) is 10.9 Å². The third kappa shape index (κ3) is 2.46. The van der Waals surface area contributed by atoms with Crippen molar-refractivity contribution in [2.75, 3.05) is 0 Å². The van der Waals surface area contributed by atoms with Gasteiger partial charge in [-0.3, -0.25) is 10.1 Å². The number of nitro groups is 1. The van der Waals surface area contributed by atoms with Crippen LogP contribution in [-0.2, 0) is 0 Å². The lowest BCUT2D eigenvalue weighted by atomic mass is 10.1. The van der Waals surface area contributed by atoms with E-state index in [1.165, 1.54) is 23.5 Å². The van der Waals surface area contributed by atoms with Crippen LogP contribution in [0.5, 0.6) is 0 Å². The van der Waals surface area contributed by atoms with Gasteiger partial charge in [0.05, 0.1) is 11.0 Å². The van der Waals surface area contributed by atoms with Gasteiger partial charge in [0.1, 0.15) is 5.02 Å². The SMILES string of the molecule is N[C@H](c1ccc(Cl)c([N+](=O)[O-])c1)c1cccs1. The Morgan fingerprint density at radius 3 is 2.76 bits per heavy atom. The molecule has 0 aliphatic carbocycles. The Morgan fingerprint density at radius 2 is 2.18 bits per heavy atom. The van der Waals surface area contributed by atoms with Crippen LogP contribution in [0, 0.1) is 10.1 Å². The molecule has 0 aliphatic rings. The first-order valence-electron chi connectivity index (χ1n) is 4.82. The van der Waals surface area contributed by atoms with E-state index in [0.717, 1.165) is 4.88 Å². The predicted molar refractivity (Wildman–Crippen MR) is 68.5 cm³/mol. The summed E-state index contributed by atoms with van der Waals surface area (Å²) in [5, 5.41) is 12.8. The minimum absolute atomic E-state index is 0.115. The zero-order valence-corrected chi connectivity index (χ0v) is 10.2. The third-order valence-corrected chi connectivity index (χ3v) is 3.65. The van der Waals surface area contributed by atoms with Crippen molar-refractivity contribution in [1.82, 2.24) is 0 Å². The standard InChI is InChI=1S/C11H9ClN2O2S/c12-8-4-3-7(6-9(8)14(15)16)11(13)10-2-1-5-17-10/h1-6,11H,13H2/t11-/m1/s1. The number of hydrogen-bond acceptors (Lipinski definition) is 4. The van der Waals surface area contributed by atoms with Crippen LogP contribution >= 0.6 is 22.9 Å². The summed E-state index contributed by atoms with van der Waals surface area (Å²) in [5.41, 5.74) is 6.59. The number of thiophene rings is 1. The monoisotopic (exact) mass is 268 g/mol. The molecule has 6 heteroatoms. The average molecular weight is 269 g/mol. The van der Waals surface area contributed by atoms with E-state index in [1.54, 1.807) is 6.07 Å². The molecule has 0 radical (unpaired) electrons. The number of nitrogens with zero attached hydrogens (tertiary/aromatic N) is 1. The normalized spacial score (nSPS) is 12.4. The molecule has 0 spiro atoms. The Balaban J connectivity index is 2.40. The van der Waals surface area contributed by atoms with Gasteiger partial charge in [-0.15, -0.1) is 11.3 Å². The molecule has 0 bridgehead atoms. The Kier molecular flexibility index (Phi) is 3.42. The van der Waals surface area contributed by atoms with Crippen LogP contribution in [-0.4, -0.2) is 4.92 Å². The highest BCUT2D eigenvalue weighted by Gasteiger charge is 2.17. The second-order valence-corrected chi connectivity index (χ2v) is 4.85. The number of nitrogens with two attached hydrogens (primary N) is 1. The molecular formula is C11H9ClN2O2S. The van der Waals surface area contributed by atoms with E-state index < -0.39 is 4.92 Å². The summed E-state index contributed by atoms with van der Waals surface area (Å²) in [6.07, 6.45) is 0. The lowest BCUT2D eigenvalue weighted by molar-refractivity contribution is -0.384. The highest BCUT2D eigenvalue weighted by Crippen LogP contribution is 2.30. The van der Waals surface area contributed by atoms with E-state index in [0.29, 0.717) is 5.56 Å². The number of hydrogen-bond donors (Lipinski definition) is 1. The van der Waals surface area contributed by atoms with Crippen LogP contribution in [0.1, 0.15) is 16.5 Å². The third-order valence-electron chi connectivity index (χ3n) is 2.38. The summed E-state index contributed by atoms with van der Waals surface area (Å²) >= 11 is 7.26. The minimum atomic E-state index is -0.507. The van der Waals surface area contributed by atoms with Gasteiger partial charge in [-0.05, 0) is 23.1 Å². The first-order valence-corrected chi connectivity index (χ1v) is 6.08. The van der Waals surface area contributed by atoms with Gasteiger partial charge in [-0.1, -0.05) is 23.7 Å². The van der Waals surface area contributed by atoms with Crippen molar-refractivity contribution in [1.29, 1.82) is 0 Å². The summed E-state index contributed by atoms with van der Waals surface area (Å²) in [7, 11) is 0. The molecule has 4 nitrogen and oxygen atoms in total. The molecule has 0 saturated heterocycles. The molecule has 2 aromatic rings. The van der Waals surface area contributed by atoms with Gasteiger partial charge in [0.15, 0.2) is 0 Å². The summed E-state index contributed by atoms with van der Waals surface area (Å²) in [5.74, 6) is 0. The molecule has 1 atom stereocenters. The molecule has 88 valence electrons. The summed E-state index contributed by atoms with van der Waals surface area (Å²) in [6.45, 7) is 0. The van der Waals surface area contributed by atoms with E-state index in [2.05, 4.69) is 0 Å². The summed E-state index contributed by atoms with van der Waals surface area (Å²) in [6, 6.07) is 8.07. The molecule has 1 aromatic heterocycles.